The van der Waals surface area contributed by atoms with Gasteiger partial charge in [0, 0.05) is 32.4 Å². The van der Waals surface area contributed by atoms with Crippen molar-refractivity contribution in [3.63, 3.8) is 0 Å². The first kappa shape index (κ1) is 18.4. The summed E-state index contributed by atoms with van der Waals surface area (Å²) in [5.41, 5.74) is 4.69. The van der Waals surface area contributed by atoms with Gasteiger partial charge >= 0.3 is 0 Å². The number of fused-ring (bicyclic) bond motifs is 1. The van der Waals surface area contributed by atoms with Crippen molar-refractivity contribution in [1.29, 1.82) is 0 Å². The van der Waals surface area contributed by atoms with E-state index >= 15 is 0 Å². The summed E-state index contributed by atoms with van der Waals surface area (Å²) in [6.45, 7) is 4.46. The molecule has 5 heteroatoms. The molecule has 0 atom stereocenters. The van der Waals surface area contributed by atoms with Crippen LogP contribution >= 0.6 is 0 Å². The Morgan fingerprint density at radius 3 is 2.68 bits per heavy atom. The Morgan fingerprint density at radius 2 is 1.82 bits per heavy atom. The number of aromatic nitrogens is 2. The van der Waals surface area contributed by atoms with Crippen LogP contribution in [-0.2, 0) is 19.5 Å². The Kier molecular flexibility index (Phi) is 5.83. The molecule has 1 N–H and O–H groups in total. The minimum Gasteiger partial charge on any atom is -0.352 e. The largest absolute Gasteiger partial charge is 0.352 e. The maximum absolute atomic E-state index is 12.3. The monoisotopic (exact) mass is 374 g/mol. The molecule has 0 bridgehead atoms. The van der Waals surface area contributed by atoms with Gasteiger partial charge in [-0.05, 0) is 29.5 Å². The van der Waals surface area contributed by atoms with E-state index in [4.69, 9.17) is 0 Å². The number of carbonyl (C=O) groups is 1. The second-order valence-electron chi connectivity index (χ2n) is 7.32. The van der Waals surface area contributed by atoms with Crippen LogP contribution in [0.2, 0.25) is 0 Å². The SMILES string of the molecule is O=C(NCCCN1CCc2ccccc2C1)c1cnn(Cc2ccccc2)c1. The third-order valence-electron chi connectivity index (χ3n) is 5.23. The van der Waals surface area contributed by atoms with Gasteiger partial charge in [-0.1, -0.05) is 54.6 Å². The number of nitrogens with zero attached hydrogens (tertiary/aromatic N) is 3. The van der Waals surface area contributed by atoms with Crippen LogP contribution in [-0.4, -0.2) is 40.2 Å². The standard InChI is InChI=1S/C23H26N4O/c28-23(22-15-25-27(18-22)16-19-7-2-1-3-8-19)24-12-6-13-26-14-11-20-9-4-5-10-21(20)17-26/h1-5,7-10,15,18H,6,11-14,16-17H2,(H,24,28). The Balaban J connectivity index is 1.20. The van der Waals surface area contributed by atoms with Crippen LogP contribution in [0.15, 0.2) is 67.0 Å². The van der Waals surface area contributed by atoms with Gasteiger partial charge in [0.15, 0.2) is 0 Å². The van der Waals surface area contributed by atoms with E-state index in [1.165, 1.54) is 16.7 Å². The first-order chi connectivity index (χ1) is 13.8. The molecule has 0 spiro atoms. The molecular weight excluding hydrogens is 348 g/mol. The van der Waals surface area contributed by atoms with Crippen molar-refractivity contribution in [1.82, 2.24) is 20.0 Å². The van der Waals surface area contributed by atoms with Crippen LogP contribution in [0.3, 0.4) is 0 Å². The predicted octanol–water partition coefficient (Wildman–Crippen LogP) is 3.11. The summed E-state index contributed by atoms with van der Waals surface area (Å²) in [7, 11) is 0. The minimum atomic E-state index is -0.0525. The van der Waals surface area contributed by atoms with Gasteiger partial charge in [-0.2, -0.15) is 5.10 Å². The van der Waals surface area contributed by atoms with Crippen LogP contribution in [0, 0.1) is 0 Å². The van der Waals surface area contributed by atoms with Crippen molar-refractivity contribution in [2.75, 3.05) is 19.6 Å². The topological polar surface area (TPSA) is 50.2 Å². The Morgan fingerprint density at radius 1 is 1.04 bits per heavy atom. The minimum absolute atomic E-state index is 0.0525. The lowest BCUT2D eigenvalue weighted by atomic mass is 10.00. The summed E-state index contributed by atoms with van der Waals surface area (Å²) in [5.74, 6) is -0.0525. The van der Waals surface area contributed by atoms with Crippen LogP contribution in [0.5, 0.6) is 0 Å². The quantitative estimate of drug-likeness (QED) is 0.647. The number of amides is 1. The van der Waals surface area contributed by atoms with Gasteiger partial charge in [-0.25, -0.2) is 0 Å². The lowest BCUT2D eigenvalue weighted by molar-refractivity contribution is 0.0951. The van der Waals surface area contributed by atoms with E-state index in [0.717, 1.165) is 32.5 Å². The number of benzene rings is 2. The third kappa shape index (κ3) is 4.67. The molecule has 28 heavy (non-hydrogen) atoms. The fourth-order valence-corrected chi connectivity index (χ4v) is 3.69. The molecular formula is C23H26N4O. The molecule has 2 aromatic carbocycles. The van der Waals surface area contributed by atoms with Gasteiger partial charge in [-0.3, -0.25) is 14.4 Å². The fourth-order valence-electron chi connectivity index (χ4n) is 3.69. The average Bonchev–Trinajstić information content (AvgIpc) is 3.20. The van der Waals surface area contributed by atoms with Crippen molar-refractivity contribution >= 4 is 5.91 Å². The number of hydrogen-bond acceptors (Lipinski definition) is 3. The van der Waals surface area contributed by atoms with E-state index < -0.39 is 0 Å². The highest BCUT2D eigenvalue weighted by Gasteiger charge is 2.15. The fraction of sp³-hybridized carbons (Fsp3) is 0.304. The van der Waals surface area contributed by atoms with E-state index in [1.54, 1.807) is 10.9 Å². The van der Waals surface area contributed by atoms with E-state index in [2.05, 4.69) is 51.7 Å². The van der Waals surface area contributed by atoms with Crippen molar-refractivity contribution in [2.45, 2.75) is 25.9 Å². The third-order valence-corrected chi connectivity index (χ3v) is 5.23. The molecule has 1 aliphatic rings. The molecule has 4 rings (SSSR count). The zero-order valence-corrected chi connectivity index (χ0v) is 16.1. The number of nitrogens with one attached hydrogen (secondary N) is 1. The normalized spacial score (nSPS) is 13.9. The molecule has 2 heterocycles. The molecule has 0 radical (unpaired) electrons. The second kappa shape index (κ2) is 8.85. The molecule has 0 fully saturated rings. The summed E-state index contributed by atoms with van der Waals surface area (Å²) in [6.07, 6.45) is 5.51. The zero-order valence-electron chi connectivity index (χ0n) is 16.1. The molecule has 0 unspecified atom stereocenters. The van der Waals surface area contributed by atoms with E-state index in [1.807, 2.05) is 24.4 Å². The summed E-state index contributed by atoms with van der Waals surface area (Å²) in [6, 6.07) is 18.8. The highest BCUT2D eigenvalue weighted by molar-refractivity contribution is 5.93. The first-order valence-electron chi connectivity index (χ1n) is 9.92. The van der Waals surface area contributed by atoms with Crippen molar-refractivity contribution in [2.24, 2.45) is 0 Å². The zero-order chi connectivity index (χ0) is 19.2. The molecule has 0 saturated heterocycles. The maximum atomic E-state index is 12.3. The van der Waals surface area contributed by atoms with Crippen LogP contribution in [0.1, 0.15) is 33.5 Å². The molecule has 144 valence electrons. The molecule has 3 aromatic rings. The summed E-state index contributed by atoms with van der Waals surface area (Å²) < 4.78 is 1.80. The van der Waals surface area contributed by atoms with Crippen molar-refractivity contribution in [3.8, 4) is 0 Å². The van der Waals surface area contributed by atoms with Crippen molar-refractivity contribution < 1.29 is 4.79 Å². The molecule has 1 amide bonds. The smallest absolute Gasteiger partial charge is 0.254 e. The van der Waals surface area contributed by atoms with E-state index in [9.17, 15) is 4.79 Å². The van der Waals surface area contributed by atoms with Gasteiger partial charge in [0.05, 0.1) is 18.3 Å². The summed E-state index contributed by atoms with van der Waals surface area (Å²) in [4.78, 5) is 14.8. The van der Waals surface area contributed by atoms with Gasteiger partial charge in [0.25, 0.3) is 5.91 Å². The highest BCUT2D eigenvalue weighted by Crippen LogP contribution is 2.18. The van der Waals surface area contributed by atoms with Crippen LogP contribution < -0.4 is 5.32 Å². The number of carbonyl (C=O) groups excluding carboxylic acids is 1. The molecule has 1 aliphatic heterocycles. The summed E-state index contributed by atoms with van der Waals surface area (Å²) in [5, 5.41) is 7.32. The van der Waals surface area contributed by atoms with Crippen LogP contribution in [0.25, 0.3) is 0 Å². The second-order valence-corrected chi connectivity index (χ2v) is 7.32. The van der Waals surface area contributed by atoms with Gasteiger partial charge in [0.2, 0.25) is 0 Å². The van der Waals surface area contributed by atoms with Crippen molar-refractivity contribution in [3.05, 3.63) is 89.2 Å². The lowest BCUT2D eigenvalue weighted by Crippen LogP contribution is -2.33. The van der Waals surface area contributed by atoms with Gasteiger partial charge < -0.3 is 5.32 Å². The van der Waals surface area contributed by atoms with Crippen LogP contribution in [0.4, 0.5) is 0 Å². The maximum Gasteiger partial charge on any atom is 0.254 e. The highest BCUT2D eigenvalue weighted by atomic mass is 16.1. The number of rotatable bonds is 7. The Labute approximate surface area is 166 Å². The van der Waals surface area contributed by atoms with E-state index in [0.29, 0.717) is 18.7 Å². The van der Waals surface area contributed by atoms with Gasteiger partial charge in [-0.15, -0.1) is 0 Å². The Hall–Kier alpha value is -2.92. The predicted molar refractivity (Wildman–Crippen MR) is 110 cm³/mol. The average molecular weight is 374 g/mol. The molecule has 1 aromatic heterocycles. The lowest BCUT2D eigenvalue weighted by Gasteiger charge is -2.28. The van der Waals surface area contributed by atoms with E-state index in [-0.39, 0.29) is 5.91 Å². The molecule has 5 nitrogen and oxygen atoms in total. The first-order valence-corrected chi connectivity index (χ1v) is 9.92. The Bertz CT molecular complexity index is 919. The number of hydrogen-bond donors (Lipinski definition) is 1. The van der Waals surface area contributed by atoms with Gasteiger partial charge in [0.1, 0.15) is 0 Å². The summed E-state index contributed by atoms with van der Waals surface area (Å²) >= 11 is 0. The molecule has 0 saturated carbocycles. The molecule has 0 aliphatic carbocycles.